The van der Waals surface area contributed by atoms with Crippen LogP contribution in [0.25, 0.3) is 11.1 Å². The molecule has 2 aromatic rings. The zero-order valence-electron chi connectivity index (χ0n) is 11.8. The SMILES string of the molecule is COC(=O)c1cc(C(=O)OC)cc(-c2ccoc2C(F)F)c1. The van der Waals surface area contributed by atoms with E-state index in [4.69, 9.17) is 4.42 Å². The molecule has 0 aliphatic rings. The lowest BCUT2D eigenvalue weighted by molar-refractivity contribution is 0.0599. The number of halogens is 2. The second-order valence-corrected chi connectivity index (χ2v) is 4.28. The van der Waals surface area contributed by atoms with Gasteiger partial charge in [0.05, 0.1) is 31.6 Å². The van der Waals surface area contributed by atoms with Crippen molar-refractivity contribution >= 4 is 11.9 Å². The fourth-order valence-electron chi connectivity index (χ4n) is 1.98. The molecular formula is C15H12F2O5. The Morgan fingerprint density at radius 2 is 1.59 bits per heavy atom. The summed E-state index contributed by atoms with van der Waals surface area (Å²) in [7, 11) is 2.35. The van der Waals surface area contributed by atoms with Crippen molar-refractivity contribution in [3.05, 3.63) is 47.4 Å². The molecule has 0 fully saturated rings. The minimum absolute atomic E-state index is 0.0433. The third-order valence-electron chi connectivity index (χ3n) is 2.98. The van der Waals surface area contributed by atoms with Crippen LogP contribution in [0.2, 0.25) is 0 Å². The largest absolute Gasteiger partial charge is 0.465 e. The van der Waals surface area contributed by atoms with Gasteiger partial charge in [0, 0.05) is 5.56 Å². The molecule has 0 spiro atoms. The lowest BCUT2D eigenvalue weighted by Gasteiger charge is -2.08. The van der Waals surface area contributed by atoms with Crippen molar-refractivity contribution in [1.29, 1.82) is 0 Å². The normalized spacial score (nSPS) is 10.6. The molecule has 0 aliphatic carbocycles. The third kappa shape index (κ3) is 2.98. The van der Waals surface area contributed by atoms with Crippen LogP contribution in [0.3, 0.4) is 0 Å². The van der Waals surface area contributed by atoms with Gasteiger partial charge in [0.25, 0.3) is 6.43 Å². The van der Waals surface area contributed by atoms with Crippen molar-refractivity contribution in [3.8, 4) is 11.1 Å². The number of carbonyl (C=O) groups excluding carboxylic acids is 2. The molecular weight excluding hydrogens is 298 g/mol. The number of rotatable bonds is 4. The molecule has 7 heteroatoms. The van der Waals surface area contributed by atoms with Crippen molar-refractivity contribution in [2.75, 3.05) is 14.2 Å². The third-order valence-corrected chi connectivity index (χ3v) is 2.98. The summed E-state index contributed by atoms with van der Waals surface area (Å²) in [6.07, 6.45) is -1.72. The van der Waals surface area contributed by atoms with Gasteiger partial charge in [-0.3, -0.25) is 0 Å². The Hall–Kier alpha value is -2.70. The van der Waals surface area contributed by atoms with Gasteiger partial charge < -0.3 is 13.9 Å². The van der Waals surface area contributed by atoms with E-state index in [2.05, 4.69) is 9.47 Å². The smallest absolute Gasteiger partial charge is 0.337 e. The highest BCUT2D eigenvalue weighted by atomic mass is 19.3. The number of alkyl halides is 2. The van der Waals surface area contributed by atoms with E-state index in [0.717, 1.165) is 6.26 Å². The second-order valence-electron chi connectivity index (χ2n) is 4.28. The van der Waals surface area contributed by atoms with Gasteiger partial charge in [-0.1, -0.05) is 0 Å². The molecule has 0 aliphatic heterocycles. The minimum Gasteiger partial charge on any atom is -0.465 e. The van der Waals surface area contributed by atoms with Gasteiger partial charge in [-0.05, 0) is 29.8 Å². The van der Waals surface area contributed by atoms with Gasteiger partial charge in [0.2, 0.25) is 0 Å². The van der Waals surface area contributed by atoms with Crippen LogP contribution < -0.4 is 0 Å². The van der Waals surface area contributed by atoms with E-state index in [-0.39, 0.29) is 22.3 Å². The average molecular weight is 310 g/mol. The predicted octanol–water partition coefficient (Wildman–Crippen LogP) is 3.46. The van der Waals surface area contributed by atoms with Crippen molar-refractivity contribution in [2.45, 2.75) is 6.43 Å². The van der Waals surface area contributed by atoms with E-state index in [1.165, 1.54) is 38.5 Å². The van der Waals surface area contributed by atoms with Gasteiger partial charge in [-0.15, -0.1) is 0 Å². The van der Waals surface area contributed by atoms with Crippen LogP contribution in [0.4, 0.5) is 8.78 Å². The van der Waals surface area contributed by atoms with Crippen molar-refractivity contribution in [1.82, 2.24) is 0 Å². The van der Waals surface area contributed by atoms with E-state index in [0.29, 0.717) is 0 Å². The van der Waals surface area contributed by atoms with Gasteiger partial charge in [0.15, 0.2) is 5.76 Å². The maximum atomic E-state index is 12.9. The highest BCUT2D eigenvalue weighted by molar-refractivity contribution is 5.97. The predicted molar refractivity (Wildman–Crippen MR) is 71.8 cm³/mol. The van der Waals surface area contributed by atoms with Crippen molar-refractivity contribution in [2.24, 2.45) is 0 Å². The van der Waals surface area contributed by atoms with Gasteiger partial charge >= 0.3 is 11.9 Å². The minimum atomic E-state index is -2.83. The van der Waals surface area contributed by atoms with E-state index in [9.17, 15) is 18.4 Å². The summed E-state index contributed by atoms with van der Waals surface area (Å²) in [5.74, 6) is -1.94. The Balaban J connectivity index is 2.61. The van der Waals surface area contributed by atoms with Crippen molar-refractivity contribution < 1.29 is 32.3 Å². The standard InChI is InChI=1S/C15H12F2O5/c1-20-14(18)9-5-8(6-10(7-9)15(19)21-2)11-3-4-22-12(11)13(16)17/h3-7,13H,1-2H3. The molecule has 0 amide bonds. The summed E-state index contributed by atoms with van der Waals surface area (Å²) in [6, 6.07) is 5.28. The summed E-state index contributed by atoms with van der Waals surface area (Å²) >= 11 is 0. The van der Waals surface area contributed by atoms with Gasteiger partial charge in [-0.2, -0.15) is 0 Å². The first kappa shape index (κ1) is 15.7. The highest BCUT2D eigenvalue weighted by Gasteiger charge is 2.21. The van der Waals surface area contributed by atoms with E-state index < -0.39 is 24.1 Å². The molecule has 0 saturated heterocycles. The first-order valence-corrected chi connectivity index (χ1v) is 6.15. The lowest BCUT2D eigenvalue weighted by Crippen LogP contribution is -2.07. The molecule has 0 radical (unpaired) electrons. The van der Waals surface area contributed by atoms with Crippen LogP contribution in [0.15, 0.2) is 34.9 Å². The first-order valence-electron chi connectivity index (χ1n) is 6.15. The summed E-state index contributed by atoms with van der Waals surface area (Å²) in [6.45, 7) is 0. The molecule has 0 unspecified atom stereocenters. The molecule has 116 valence electrons. The second kappa shape index (κ2) is 6.38. The Morgan fingerprint density at radius 3 is 2.05 bits per heavy atom. The summed E-state index contributed by atoms with van der Waals surface area (Å²) in [4.78, 5) is 23.3. The quantitative estimate of drug-likeness (QED) is 0.809. The number of ether oxygens (including phenoxy) is 2. The molecule has 0 atom stereocenters. The Morgan fingerprint density at radius 1 is 1.05 bits per heavy atom. The maximum absolute atomic E-state index is 12.9. The molecule has 2 rings (SSSR count). The molecule has 1 aromatic heterocycles. The molecule has 5 nitrogen and oxygen atoms in total. The number of carbonyl (C=O) groups is 2. The van der Waals surface area contributed by atoms with E-state index in [1.807, 2.05) is 0 Å². The van der Waals surface area contributed by atoms with Gasteiger partial charge in [0.1, 0.15) is 0 Å². The molecule has 0 saturated carbocycles. The molecule has 0 bridgehead atoms. The molecule has 0 N–H and O–H groups in total. The number of furan rings is 1. The zero-order chi connectivity index (χ0) is 16.3. The van der Waals surface area contributed by atoms with Gasteiger partial charge in [-0.25, -0.2) is 18.4 Å². The summed E-state index contributed by atoms with van der Waals surface area (Å²) in [5.41, 5.74) is 0.405. The topological polar surface area (TPSA) is 65.7 Å². The lowest BCUT2D eigenvalue weighted by atomic mass is 10.00. The van der Waals surface area contributed by atoms with Crippen LogP contribution in [0.1, 0.15) is 32.9 Å². The molecule has 22 heavy (non-hydrogen) atoms. The molecule has 1 aromatic carbocycles. The average Bonchev–Trinajstić information content (AvgIpc) is 3.02. The molecule has 1 heterocycles. The summed E-state index contributed by atoms with van der Waals surface area (Å²) < 4.78 is 39.8. The van der Waals surface area contributed by atoms with Crippen LogP contribution >= 0.6 is 0 Å². The van der Waals surface area contributed by atoms with Crippen LogP contribution in [-0.2, 0) is 9.47 Å². The first-order chi connectivity index (χ1) is 10.5. The van der Waals surface area contributed by atoms with E-state index >= 15 is 0 Å². The Kier molecular flexibility index (Phi) is 4.55. The number of hydrogen-bond donors (Lipinski definition) is 0. The van der Waals surface area contributed by atoms with Crippen LogP contribution in [0, 0.1) is 0 Å². The van der Waals surface area contributed by atoms with E-state index in [1.54, 1.807) is 0 Å². The van der Waals surface area contributed by atoms with Crippen LogP contribution in [-0.4, -0.2) is 26.2 Å². The number of hydrogen-bond acceptors (Lipinski definition) is 5. The summed E-state index contributed by atoms with van der Waals surface area (Å²) in [5, 5.41) is 0. The highest BCUT2D eigenvalue weighted by Crippen LogP contribution is 2.33. The zero-order valence-corrected chi connectivity index (χ0v) is 11.8. The fraction of sp³-hybridized carbons (Fsp3) is 0.200. The number of benzene rings is 1. The fourth-order valence-corrected chi connectivity index (χ4v) is 1.98. The Bertz CT molecular complexity index is 671. The van der Waals surface area contributed by atoms with Crippen molar-refractivity contribution in [3.63, 3.8) is 0 Å². The van der Waals surface area contributed by atoms with Crippen LogP contribution in [0.5, 0.6) is 0 Å². The monoisotopic (exact) mass is 310 g/mol. The Labute approximate surface area is 124 Å². The number of esters is 2. The number of methoxy groups -OCH3 is 2. The maximum Gasteiger partial charge on any atom is 0.337 e.